The van der Waals surface area contributed by atoms with E-state index in [-0.39, 0.29) is 5.91 Å². The smallest absolute Gasteiger partial charge is 0.255 e. The van der Waals surface area contributed by atoms with Gasteiger partial charge in [0, 0.05) is 16.3 Å². The van der Waals surface area contributed by atoms with Gasteiger partial charge in [-0.3, -0.25) is 4.79 Å². The summed E-state index contributed by atoms with van der Waals surface area (Å²) in [7, 11) is 0. The standard InChI is InChI=1S/C14H10BrClFNO/c1-8-6-9(2-5-12(8)16)14(19)18-10-3-4-11(15)13(17)7-10/h2-7H,1H3,(H,18,19). The zero-order valence-electron chi connectivity index (χ0n) is 10.0. The lowest BCUT2D eigenvalue weighted by Gasteiger charge is -2.07. The zero-order valence-corrected chi connectivity index (χ0v) is 12.3. The van der Waals surface area contributed by atoms with Crippen LogP contribution in [0.15, 0.2) is 40.9 Å². The van der Waals surface area contributed by atoms with Crippen LogP contribution >= 0.6 is 27.5 Å². The summed E-state index contributed by atoms with van der Waals surface area (Å²) in [4.78, 5) is 12.0. The second-order valence-corrected chi connectivity index (χ2v) is 5.31. The van der Waals surface area contributed by atoms with Crippen LogP contribution in [0.2, 0.25) is 5.02 Å². The fourth-order valence-electron chi connectivity index (χ4n) is 1.56. The highest BCUT2D eigenvalue weighted by molar-refractivity contribution is 9.10. The van der Waals surface area contributed by atoms with Crippen molar-refractivity contribution in [2.24, 2.45) is 0 Å². The van der Waals surface area contributed by atoms with Crippen molar-refractivity contribution in [3.05, 3.63) is 62.8 Å². The lowest BCUT2D eigenvalue weighted by Crippen LogP contribution is -2.12. The molecule has 0 unspecified atom stereocenters. The van der Waals surface area contributed by atoms with Crippen LogP contribution in [0.5, 0.6) is 0 Å². The summed E-state index contributed by atoms with van der Waals surface area (Å²) < 4.78 is 13.7. The van der Waals surface area contributed by atoms with E-state index in [9.17, 15) is 9.18 Å². The van der Waals surface area contributed by atoms with Crippen LogP contribution in [-0.4, -0.2) is 5.91 Å². The SMILES string of the molecule is Cc1cc(C(=O)Nc2ccc(Br)c(F)c2)ccc1Cl. The minimum Gasteiger partial charge on any atom is -0.322 e. The number of hydrogen-bond donors (Lipinski definition) is 1. The molecular weight excluding hydrogens is 333 g/mol. The van der Waals surface area contributed by atoms with Gasteiger partial charge < -0.3 is 5.32 Å². The van der Waals surface area contributed by atoms with Gasteiger partial charge in [-0.1, -0.05) is 11.6 Å². The number of hydrogen-bond acceptors (Lipinski definition) is 1. The number of carbonyl (C=O) groups excluding carboxylic acids is 1. The number of nitrogens with one attached hydrogen (secondary N) is 1. The molecule has 0 aromatic heterocycles. The van der Waals surface area contributed by atoms with Crippen molar-refractivity contribution in [3.8, 4) is 0 Å². The van der Waals surface area contributed by atoms with Gasteiger partial charge in [0.2, 0.25) is 0 Å². The highest BCUT2D eigenvalue weighted by atomic mass is 79.9. The van der Waals surface area contributed by atoms with E-state index in [1.165, 1.54) is 12.1 Å². The fourth-order valence-corrected chi connectivity index (χ4v) is 1.93. The molecule has 5 heteroatoms. The zero-order chi connectivity index (χ0) is 14.0. The quantitative estimate of drug-likeness (QED) is 0.834. The Morgan fingerprint density at radius 2 is 2.00 bits per heavy atom. The van der Waals surface area contributed by atoms with Crippen LogP contribution in [0, 0.1) is 12.7 Å². The fraction of sp³-hybridized carbons (Fsp3) is 0.0714. The van der Waals surface area contributed by atoms with Crippen molar-refractivity contribution in [1.82, 2.24) is 0 Å². The molecule has 1 N–H and O–H groups in total. The molecule has 2 aromatic rings. The first-order chi connectivity index (χ1) is 8.97. The van der Waals surface area contributed by atoms with Gasteiger partial charge in [-0.15, -0.1) is 0 Å². The highest BCUT2D eigenvalue weighted by Gasteiger charge is 2.09. The maximum atomic E-state index is 13.3. The van der Waals surface area contributed by atoms with Crippen LogP contribution < -0.4 is 5.32 Å². The van der Waals surface area contributed by atoms with Crippen LogP contribution in [-0.2, 0) is 0 Å². The molecule has 0 saturated carbocycles. The van der Waals surface area contributed by atoms with Gasteiger partial charge in [-0.05, 0) is 64.8 Å². The summed E-state index contributed by atoms with van der Waals surface area (Å²) in [5.41, 5.74) is 1.69. The number of halogens is 3. The molecule has 19 heavy (non-hydrogen) atoms. The van der Waals surface area contributed by atoms with Crippen LogP contribution in [0.1, 0.15) is 15.9 Å². The van der Waals surface area contributed by atoms with Crippen LogP contribution in [0.25, 0.3) is 0 Å². The monoisotopic (exact) mass is 341 g/mol. The summed E-state index contributed by atoms with van der Waals surface area (Å²) >= 11 is 8.95. The summed E-state index contributed by atoms with van der Waals surface area (Å²) in [5, 5.41) is 3.23. The van der Waals surface area contributed by atoms with Crippen molar-refractivity contribution < 1.29 is 9.18 Å². The van der Waals surface area contributed by atoms with Gasteiger partial charge in [0.1, 0.15) is 5.82 Å². The molecule has 0 radical (unpaired) electrons. The third-order valence-corrected chi connectivity index (χ3v) is 3.66. The number of carbonyl (C=O) groups is 1. The van der Waals surface area contributed by atoms with E-state index in [0.29, 0.717) is 20.7 Å². The molecule has 98 valence electrons. The molecule has 1 amide bonds. The molecule has 0 fully saturated rings. The second-order valence-electron chi connectivity index (χ2n) is 4.05. The first-order valence-corrected chi connectivity index (χ1v) is 6.67. The molecular formula is C14H10BrClFNO. The Kier molecular flexibility index (Phi) is 4.22. The van der Waals surface area contributed by atoms with E-state index in [0.717, 1.165) is 5.56 Å². The van der Waals surface area contributed by atoms with Gasteiger partial charge in [0.05, 0.1) is 4.47 Å². The summed E-state index contributed by atoms with van der Waals surface area (Å²) in [6.07, 6.45) is 0. The van der Waals surface area contributed by atoms with Crippen molar-refractivity contribution in [2.75, 3.05) is 5.32 Å². The number of anilines is 1. The van der Waals surface area contributed by atoms with E-state index in [4.69, 9.17) is 11.6 Å². The summed E-state index contributed by atoms with van der Waals surface area (Å²) in [6, 6.07) is 9.39. The average Bonchev–Trinajstić information content (AvgIpc) is 2.37. The Morgan fingerprint density at radius 3 is 2.63 bits per heavy atom. The Morgan fingerprint density at radius 1 is 1.26 bits per heavy atom. The minimum absolute atomic E-state index is 0.304. The van der Waals surface area contributed by atoms with E-state index in [1.807, 2.05) is 6.92 Å². The highest BCUT2D eigenvalue weighted by Crippen LogP contribution is 2.21. The largest absolute Gasteiger partial charge is 0.322 e. The van der Waals surface area contributed by atoms with E-state index in [1.54, 1.807) is 24.3 Å². The molecule has 0 bridgehead atoms. The van der Waals surface area contributed by atoms with Gasteiger partial charge in [0.15, 0.2) is 0 Å². The van der Waals surface area contributed by atoms with Crippen molar-refractivity contribution in [2.45, 2.75) is 6.92 Å². The maximum absolute atomic E-state index is 13.3. The van der Waals surface area contributed by atoms with Crippen molar-refractivity contribution in [1.29, 1.82) is 0 Å². The third-order valence-electron chi connectivity index (χ3n) is 2.60. The first kappa shape index (κ1) is 14.0. The maximum Gasteiger partial charge on any atom is 0.255 e. The Hall–Kier alpha value is -1.39. The Bertz CT molecular complexity index is 645. The number of amides is 1. The van der Waals surface area contributed by atoms with Crippen molar-refractivity contribution in [3.63, 3.8) is 0 Å². The summed E-state index contributed by atoms with van der Waals surface area (Å²) in [6.45, 7) is 1.82. The van der Waals surface area contributed by atoms with Gasteiger partial charge >= 0.3 is 0 Å². The Labute approximate surface area is 123 Å². The molecule has 0 aliphatic carbocycles. The molecule has 0 aliphatic heterocycles. The van der Waals surface area contributed by atoms with Gasteiger partial charge in [-0.25, -0.2) is 4.39 Å². The lowest BCUT2D eigenvalue weighted by atomic mass is 10.1. The van der Waals surface area contributed by atoms with Gasteiger partial charge in [0.25, 0.3) is 5.91 Å². The molecule has 2 nitrogen and oxygen atoms in total. The molecule has 2 aromatic carbocycles. The van der Waals surface area contributed by atoms with Crippen LogP contribution in [0.3, 0.4) is 0 Å². The summed E-state index contributed by atoms with van der Waals surface area (Å²) in [5.74, 6) is -0.730. The lowest BCUT2D eigenvalue weighted by molar-refractivity contribution is 0.102. The number of aryl methyl sites for hydroxylation is 1. The number of benzene rings is 2. The van der Waals surface area contributed by atoms with E-state index in [2.05, 4.69) is 21.2 Å². The minimum atomic E-state index is -0.426. The molecule has 0 spiro atoms. The predicted octanol–water partition coefficient (Wildman–Crippen LogP) is 4.80. The second kappa shape index (κ2) is 5.72. The Balaban J connectivity index is 2.20. The van der Waals surface area contributed by atoms with E-state index < -0.39 is 5.82 Å². The van der Waals surface area contributed by atoms with Gasteiger partial charge in [-0.2, -0.15) is 0 Å². The predicted molar refractivity (Wildman–Crippen MR) is 78.2 cm³/mol. The van der Waals surface area contributed by atoms with Crippen LogP contribution in [0.4, 0.5) is 10.1 Å². The first-order valence-electron chi connectivity index (χ1n) is 5.50. The van der Waals surface area contributed by atoms with Crippen molar-refractivity contribution >= 4 is 39.1 Å². The molecule has 0 saturated heterocycles. The normalized spacial score (nSPS) is 10.3. The average molecular weight is 343 g/mol. The van der Waals surface area contributed by atoms with E-state index >= 15 is 0 Å². The third kappa shape index (κ3) is 3.33. The molecule has 0 heterocycles. The molecule has 0 atom stereocenters. The topological polar surface area (TPSA) is 29.1 Å². The molecule has 2 rings (SSSR count). The molecule has 0 aliphatic rings. The number of rotatable bonds is 2.